The third kappa shape index (κ3) is 4.31. The molecule has 6 heteroatoms. The van der Waals surface area contributed by atoms with Gasteiger partial charge in [-0.25, -0.2) is 9.37 Å². The predicted octanol–water partition coefficient (Wildman–Crippen LogP) is 5.20. The van der Waals surface area contributed by atoms with Gasteiger partial charge in [-0.15, -0.1) is 0 Å². The molecule has 1 aliphatic carbocycles. The number of fused-ring (bicyclic) bond motifs is 1. The summed E-state index contributed by atoms with van der Waals surface area (Å²) in [5.41, 5.74) is 11.2. The average Bonchev–Trinajstić information content (AvgIpc) is 3.03. The van der Waals surface area contributed by atoms with Gasteiger partial charge >= 0.3 is 0 Å². The number of anilines is 1. The molecule has 0 saturated carbocycles. The molecule has 2 aromatic carbocycles. The Labute approximate surface area is 181 Å². The van der Waals surface area contributed by atoms with Crippen LogP contribution in [0.2, 0.25) is 0 Å². The van der Waals surface area contributed by atoms with Gasteiger partial charge in [-0.05, 0) is 66.6 Å². The van der Waals surface area contributed by atoms with Gasteiger partial charge in [0.2, 0.25) is 0 Å². The highest BCUT2D eigenvalue weighted by atomic mass is 19.1. The van der Waals surface area contributed by atoms with E-state index in [1.165, 1.54) is 12.1 Å². The molecule has 31 heavy (non-hydrogen) atoms. The van der Waals surface area contributed by atoms with Crippen molar-refractivity contribution in [1.29, 1.82) is 5.26 Å². The first kappa shape index (κ1) is 20.7. The number of hydrogen-bond donors (Lipinski definition) is 1. The number of aromatic nitrogens is 1. The Hall–Kier alpha value is -3.59. The molecule has 5 nitrogen and oxygen atoms in total. The van der Waals surface area contributed by atoms with Crippen LogP contribution in [-0.4, -0.2) is 12.1 Å². The molecule has 0 bridgehead atoms. The van der Waals surface area contributed by atoms with Gasteiger partial charge in [0.15, 0.2) is 11.5 Å². The van der Waals surface area contributed by atoms with E-state index in [0.29, 0.717) is 17.1 Å². The van der Waals surface area contributed by atoms with Crippen molar-refractivity contribution in [3.8, 4) is 28.7 Å². The van der Waals surface area contributed by atoms with Crippen molar-refractivity contribution in [3.63, 3.8) is 0 Å². The van der Waals surface area contributed by atoms with Gasteiger partial charge in [0.25, 0.3) is 0 Å². The third-order valence-electron chi connectivity index (χ3n) is 5.62. The van der Waals surface area contributed by atoms with E-state index in [1.54, 1.807) is 19.2 Å². The highest BCUT2D eigenvalue weighted by Crippen LogP contribution is 2.39. The van der Waals surface area contributed by atoms with Gasteiger partial charge < -0.3 is 15.2 Å². The van der Waals surface area contributed by atoms with Crippen molar-refractivity contribution < 1.29 is 13.9 Å². The molecule has 158 valence electrons. The molecule has 1 aromatic heterocycles. The molecular formula is C25H24FN3O2. The minimum Gasteiger partial charge on any atom is -0.493 e. The monoisotopic (exact) mass is 417 g/mol. The van der Waals surface area contributed by atoms with E-state index in [4.69, 9.17) is 15.2 Å². The fourth-order valence-electron chi connectivity index (χ4n) is 4.05. The van der Waals surface area contributed by atoms with Gasteiger partial charge in [0.1, 0.15) is 29.9 Å². The maximum Gasteiger partial charge on any atom is 0.161 e. The minimum absolute atomic E-state index is 0.272. The number of ether oxygens (including phenoxy) is 2. The van der Waals surface area contributed by atoms with Crippen molar-refractivity contribution in [2.24, 2.45) is 0 Å². The molecule has 0 aliphatic heterocycles. The number of halogens is 1. The van der Waals surface area contributed by atoms with E-state index in [9.17, 15) is 9.65 Å². The molecule has 2 N–H and O–H groups in total. The van der Waals surface area contributed by atoms with E-state index in [2.05, 4.69) is 11.1 Å². The molecule has 3 aromatic rings. The van der Waals surface area contributed by atoms with Crippen LogP contribution in [0.1, 0.15) is 41.6 Å². The van der Waals surface area contributed by atoms with Crippen LogP contribution in [0.25, 0.3) is 11.1 Å². The van der Waals surface area contributed by atoms with Crippen molar-refractivity contribution in [3.05, 3.63) is 70.7 Å². The molecule has 0 spiro atoms. The van der Waals surface area contributed by atoms with Gasteiger partial charge in [0.05, 0.1) is 7.11 Å². The molecule has 0 unspecified atom stereocenters. The second kappa shape index (κ2) is 9.05. The first-order valence-electron chi connectivity index (χ1n) is 10.4. The number of nitrogens with two attached hydrogens (primary N) is 1. The molecule has 0 fully saturated rings. The first-order chi connectivity index (χ1) is 15.1. The number of methoxy groups -OCH3 is 1. The summed E-state index contributed by atoms with van der Waals surface area (Å²) in [6.07, 6.45) is 5.01. The Bertz CT molecular complexity index is 1140. The van der Waals surface area contributed by atoms with Crippen LogP contribution in [0.4, 0.5) is 10.2 Å². The van der Waals surface area contributed by atoms with E-state index >= 15 is 0 Å². The van der Waals surface area contributed by atoms with Crippen molar-refractivity contribution in [2.45, 2.75) is 38.7 Å². The second-order valence-electron chi connectivity index (χ2n) is 7.63. The number of nitrogens with zero attached hydrogens (tertiary/aromatic N) is 2. The molecule has 0 radical (unpaired) electrons. The number of rotatable bonds is 5. The van der Waals surface area contributed by atoms with Crippen LogP contribution < -0.4 is 15.2 Å². The summed E-state index contributed by atoms with van der Waals surface area (Å²) in [5, 5.41) is 9.79. The highest BCUT2D eigenvalue weighted by Gasteiger charge is 2.22. The molecule has 0 amide bonds. The van der Waals surface area contributed by atoms with Crippen LogP contribution in [0.15, 0.2) is 42.5 Å². The third-order valence-corrected chi connectivity index (χ3v) is 5.62. The zero-order valence-corrected chi connectivity index (χ0v) is 17.5. The molecule has 1 heterocycles. The van der Waals surface area contributed by atoms with Gasteiger partial charge in [-0.2, -0.15) is 5.26 Å². The molecule has 4 rings (SSSR count). The number of benzene rings is 2. The fourth-order valence-corrected chi connectivity index (χ4v) is 4.05. The average molecular weight is 417 g/mol. The molecule has 1 aliphatic rings. The number of nitrogen functional groups attached to an aromatic ring is 1. The lowest BCUT2D eigenvalue weighted by molar-refractivity contribution is 0.284. The minimum atomic E-state index is -0.283. The standard InChI is InChI=1S/C25H24FN3O2/c1-30-23-13-17(9-12-22(23)31-15-16-7-10-18(26)11-8-16)24-19-5-3-2-4-6-21(19)29-25(28)20(24)14-27/h7-13H,2-6,15H2,1H3,(H2,28,29). The zero-order valence-electron chi connectivity index (χ0n) is 17.5. The Morgan fingerprint density at radius 1 is 1.06 bits per heavy atom. The van der Waals surface area contributed by atoms with E-state index < -0.39 is 0 Å². The van der Waals surface area contributed by atoms with Crippen LogP contribution >= 0.6 is 0 Å². The summed E-state index contributed by atoms with van der Waals surface area (Å²) in [7, 11) is 1.58. The predicted molar refractivity (Wildman–Crippen MR) is 117 cm³/mol. The summed E-state index contributed by atoms with van der Waals surface area (Å²) >= 11 is 0. The number of aryl methyl sites for hydroxylation is 1. The van der Waals surface area contributed by atoms with Crippen molar-refractivity contribution >= 4 is 5.82 Å². The summed E-state index contributed by atoms with van der Waals surface area (Å²) in [6.45, 7) is 0.289. The smallest absolute Gasteiger partial charge is 0.161 e. The van der Waals surface area contributed by atoms with Gasteiger partial charge in [-0.1, -0.05) is 24.6 Å². The fraction of sp³-hybridized carbons (Fsp3) is 0.280. The first-order valence-corrected chi connectivity index (χ1v) is 10.4. The summed E-state index contributed by atoms with van der Waals surface area (Å²) in [6, 6.07) is 14.1. The number of pyridine rings is 1. The number of nitriles is 1. The van der Waals surface area contributed by atoms with Crippen molar-refractivity contribution in [2.75, 3.05) is 12.8 Å². The Morgan fingerprint density at radius 2 is 1.84 bits per heavy atom. The van der Waals surface area contributed by atoms with Crippen LogP contribution in [0.5, 0.6) is 11.5 Å². The largest absolute Gasteiger partial charge is 0.493 e. The highest BCUT2D eigenvalue weighted by molar-refractivity contribution is 5.80. The lowest BCUT2D eigenvalue weighted by Gasteiger charge is -2.18. The van der Waals surface area contributed by atoms with Gasteiger partial charge in [0, 0.05) is 11.3 Å². The van der Waals surface area contributed by atoms with Crippen LogP contribution in [0, 0.1) is 17.1 Å². The topological polar surface area (TPSA) is 81.2 Å². The Kier molecular flexibility index (Phi) is 6.03. The lowest BCUT2D eigenvalue weighted by atomic mass is 9.91. The molecular weight excluding hydrogens is 393 g/mol. The summed E-state index contributed by atoms with van der Waals surface area (Å²) in [4.78, 5) is 4.53. The Morgan fingerprint density at radius 3 is 2.58 bits per heavy atom. The maximum atomic E-state index is 13.1. The van der Waals surface area contributed by atoms with E-state index in [-0.39, 0.29) is 18.2 Å². The molecule has 0 saturated heterocycles. The Balaban J connectivity index is 1.71. The number of hydrogen-bond acceptors (Lipinski definition) is 5. The van der Waals surface area contributed by atoms with E-state index in [1.807, 2.05) is 18.2 Å². The van der Waals surface area contributed by atoms with Crippen molar-refractivity contribution in [1.82, 2.24) is 4.98 Å². The van der Waals surface area contributed by atoms with Gasteiger partial charge in [-0.3, -0.25) is 0 Å². The van der Waals surface area contributed by atoms with Crippen LogP contribution in [-0.2, 0) is 19.4 Å². The summed E-state index contributed by atoms with van der Waals surface area (Å²) < 4.78 is 24.6. The molecule has 0 atom stereocenters. The quantitative estimate of drug-likeness (QED) is 0.577. The second-order valence-corrected chi connectivity index (χ2v) is 7.63. The SMILES string of the molecule is COc1cc(-c2c(C#N)c(N)nc3c2CCCCC3)ccc1OCc1ccc(F)cc1. The maximum absolute atomic E-state index is 13.1. The van der Waals surface area contributed by atoms with Crippen LogP contribution in [0.3, 0.4) is 0 Å². The van der Waals surface area contributed by atoms with E-state index in [0.717, 1.165) is 60.1 Å². The lowest BCUT2D eigenvalue weighted by Crippen LogP contribution is -2.07. The normalized spacial score (nSPS) is 13.1. The zero-order chi connectivity index (χ0) is 21.8. The summed E-state index contributed by atoms with van der Waals surface area (Å²) in [5.74, 6) is 1.12.